The summed E-state index contributed by atoms with van der Waals surface area (Å²) in [6.45, 7) is 2.10. The van der Waals surface area contributed by atoms with Crippen molar-refractivity contribution in [3.05, 3.63) is 83.9 Å². The SMILES string of the molecule is COc1ccc(C=O)cc1O[C@@H](C)C(=O)Nc1ccc(OCc2ccccc2)cc1. The summed E-state index contributed by atoms with van der Waals surface area (Å²) in [5.41, 5.74) is 2.13. The first-order valence-corrected chi connectivity index (χ1v) is 9.46. The van der Waals surface area contributed by atoms with Gasteiger partial charge in [0.05, 0.1) is 7.11 Å². The molecule has 154 valence electrons. The number of carbonyl (C=O) groups excluding carboxylic acids is 2. The van der Waals surface area contributed by atoms with Crippen molar-refractivity contribution in [1.82, 2.24) is 0 Å². The van der Waals surface area contributed by atoms with E-state index >= 15 is 0 Å². The zero-order chi connectivity index (χ0) is 21.3. The molecule has 0 fully saturated rings. The summed E-state index contributed by atoms with van der Waals surface area (Å²) in [7, 11) is 1.49. The number of benzene rings is 3. The summed E-state index contributed by atoms with van der Waals surface area (Å²) in [6, 6.07) is 21.8. The lowest BCUT2D eigenvalue weighted by Crippen LogP contribution is -2.30. The Morgan fingerprint density at radius 1 is 1.00 bits per heavy atom. The molecule has 3 aromatic rings. The van der Waals surface area contributed by atoms with Gasteiger partial charge in [-0.2, -0.15) is 0 Å². The van der Waals surface area contributed by atoms with Crippen LogP contribution in [-0.4, -0.2) is 25.4 Å². The minimum Gasteiger partial charge on any atom is -0.493 e. The number of hydrogen-bond donors (Lipinski definition) is 1. The molecule has 30 heavy (non-hydrogen) atoms. The van der Waals surface area contributed by atoms with E-state index < -0.39 is 6.10 Å². The third-order valence-corrected chi connectivity index (χ3v) is 4.37. The Labute approximate surface area is 175 Å². The summed E-state index contributed by atoms with van der Waals surface area (Å²) in [6.07, 6.45) is -0.0897. The van der Waals surface area contributed by atoms with Crippen molar-refractivity contribution < 1.29 is 23.8 Å². The highest BCUT2D eigenvalue weighted by Crippen LogP contribution is 2.28. The molecule has 0 bridgehead atoms. The van der Waals surface area contributed by atoms with Crippen LogP contribution in [0.15, 0.2) is 72.8 Å². The molecule has 0 aliphatic heterocycles. The topological polar surface area (TPSA) is 73.9 Å². The quantitative estimate of drug-likeness (QED) is 0.531. The molecule has 0 saturated carbocycles. The highest BCUT2D eigenvalue weighted by molar-refractivity contribution is 5.94. The van der Waals surface area contributed by atoms with E-state index in [1.807, 2.05) is 30.3 Å². The summed E-state index contributed by atoms with van der Waals surface area (Å²) < 4.78 is 16.7. The molecule has 1 amide bonds. The average Bonchev–Trinajstić information content (AvgIpc) is 2.79. The highest BCUT2D eigenvalue weighted by Gasteiger charge is 2.17. The van der Waals surface area contributed by atoms with Gasteiger partial charge in [0, 0.05) is 11.3 Å². The van der Waals surface area contributed by atoms with Crippen LogP contribution in [0.5, 0.6) is 17.2 Å². The van der Waals surface area contributed by atoms with Crippen LogP contribution in [0, 0.1) is 0 Å². The van der Waals surface area contributed by atoms with E-state index in [4.69, 9.17) is 14.2 Å². The highest BCUT2D eigenvalue weighted by atomic mass is 16.5. The van der Waals surface area contributed by atoms with Crippen LogP contribution in [0.2, 0.25) is 0 Å². The van der Waals surface area contributed by atoms with E-state index in [2.05, 4.69) is 5.32 Å². The third kappa shape index (κ3) is 5.61. The van der Waals surface area contributed by atoms with Crippen LogP contribution >= 0.6 is 0 Å². The zero-order valence-electron chi connectivity index (χ0n) is 16.8. The smallest absolute Gasteiger partial charge is 0.265 e. The lowest BCUT2D eigenvalue weighted by atomic mass is 10.2. The molecule has 0 unspecified atom stereocenters. The molecular weight excluding hydrogens is 382 g/mol. The Morgan fingerprint density at radius 2 is 1.73 bits per heavy atom. The van der Waals surface area contributed by atoms with E-state index in [-0.39, 0.29) is 5.91 Å². The fraction of sp³-hybridized carbons (Fsp3) is 0.167. The Kier molecular flexibility index (Phi) is 7.05. The molecule has 1 atom stereocenters. The minimum absolute atomic E-state index is 0.327. The largest absolute Gasteiger partial charge is 0.493 e. The van der Waals surface area contributed by atoms with Gasteiger partial charge >= 0.3 is 0 Å². The van der Waals surface area contributed by atoms with Crippen LogP contribution in [0.3, 0.4) is 0 Å². The number of ether oxygens (including phenoxy) is 3. The Morgan fingerprint density at radius 3 is 2.40 bits per heavy atom. The summed E-state index contributed by atoms with van der Waals surface area (Å²) in [4.78, 5) is 23.5. The fourth-order valence-electron chi connectivity index (χ4n) is 2.72. The van der Waals surface area contributed by atoms with Gasteiger partial charge in [-0.15, -0.1) is 0 Å². The standard InChI is InChI=1S/C24H23NO5/c1-17(30-23-14-19(15-26)8-13-22(23)28-2)24(27)25-20-9-11-21(12-10-20)29-16-18-6-4-3-5-7-18/h3-15,17H,16H2,1-2H3,(H,25,27)/t17-/m0/s1. The first-order chi connectivity index (χ1) is 14.6. The number of methoxy groups -OCH3 is 1. The monoisotopic (exact) mass is 405 g/mol. The first-order valence-electron chi connectivity index (χ1n) is 9.46. The lowest BCUT2D eigenvalue weighted by Gasteiger charge is -2.17. The summed E-state index contributed by atoms with van der Waals surface area (Å²) in [5, 5.41) is 2.80. The van der Waals surface area contributed by atoms with Crippen molar-refractivity contribution in [2.45, 2.75) is 19.6 Å². The van der Waals surface area contributed by atoms with E-state index in [1.54, 1.807) is 43.3 Å². The van der Waals surface area contributed by atoms with E-state index in [9.17, 15) is 9.59 Å². The van der Waals surface area contributed by atoms with Crippen LogP contribution in [0.4, 0.5) is 5.69 Å². The van der Waals surface area contributed by atoms with Gasteiger partial charge in [-0.25, -0.2) is 0 Å². The third-order valence-electron chi connectivity index (χ3n) is 4.37. The van der Waals surface area contributed by atoms with E-state index in [1.165, 1.54) is 13.2 Å². The van der Waals surface area contributed by atoms with E-state index in [0.717, 1.165) is 5.56 Å². The normalized spacial score (nSPS) is 11.3. The average molecular weight is 405 g/mol. The van der Waals surface area contributed by atoms with Crippen LogP contribution in [0.25, 0.3) is 0 Å². The molecule has 6 heteroatoms. The molecule has 6 nitrogen and oxygen atoms in total. The first kappa shape index (κ1) is 20.9. The second kappa shape index (κ2) is 10.1. The van der Waals surface area contributed by atoms with Gasteiger partial charge in [0.1, 0.15) is 18.6 Å². The second-order valence-corrected chi connectivity index (χ2v) is 6.58. The molecule has 1 N–H and O–H groups in total. The van der Waals surface area contributed by atoms with Crippen LogP contribution in [0.1, 0.15) is 22.8 Å². The van der Waals surface area contributed by atoms with Crippen molar-refractivity contribution in [2.75, 3.05) is 12.4 Å². The predicted molar refractivity (Wildman–Crippen MR) is 114 cm³/mol. The zero-order valence-corrected chi connectivity index (χ0v) is 16.8. The Bertz CT molecular complexity index is 986. The minimum atomic E-state index is -0.796. The maximum atomic E-state index is 12.5. The number of aldehydes is 1. The van der Waals surface area contributed by atoms with Gasteiger partial charge in [-0.05, 0) is 55.0 Å². The summed E-state index contributed by atoms with van der Waals surface area (Å²) >= 11 is 0. The van der Waals surface area contributed by atoms with Crippen molar-refractivity contribution in [3.8, 4) is 17.2 Å². The molecule has 0 radical (unpaired) electrons. The van der Waals surface area contributed by atoms with Gasteiger partial charge in [0.25, 0.3) is 5.91 Å². The molecule has 0 spiro atoms. The van der Waals surface area contributed by atoms with Crippen molar-refractivity contribution in [2.24, 2.45) is 0 Å². The number of hydrogen-bond acceptors (Lipinski definition) is 5. The lowest BCUT2D eigenvalue weighted by molar-refractivity contribution is -0.122. The maximum Gasteiger partial charge on any atom is 0.265 e. The molecule has 0 saturated heterocycles. The van der Waals surface area contributed by atoms with Crippen molar-refractivity contribution in [1.29, 1.82) is 0 Å². The van der Waals surface area contributed by atoms with Gasteiger partial charge < -0.3 is 19.5 Å². The van der Waals surface area contributed by atoms with Crippen LogP contribution < -0.4 is 19.5 Å². The number of amides is 1. The number of rotatable bonds is 9. The molecule has 0 aliphatic rings. The Balaban J connectivity index is 1.57. The molecule has 0 aliphatic carbocycles. The van der Waals surface area contributed by atoms with E-state index in [0.29, 0.717) is 41.4 Å². The second-order valence-electron chi connectivity index (χ2n) is 6.58. The molecular formula is C24H23NO5. The van der Waals surface area contributed by atoms with Gasteiger partial charge in [0.2, 0.25) is 0 Å². The summed E-state index contributed by atoms with van der Waals surface area (Å²) in [5.74, 6) is 1.15. The molecule has 0 heterocycles. The molecule has 0 aromatic heterocycles. The number of anilines is 1. The maximum absolute atomic E-state index is 12.5. The molecule has 3 rings (SSSR count). The van der Waals surface area contributed by atoms with Crippen molar-refractivity contribution in [3.63, 3.8) is 0 Å². The number of carbonyl (C=O) groups is 2. The van der Waals surface area contributed by atoms with Crippen LogP contribution in [-0.2, 0) is 11.4 Å². The van der Waals surface area contributed by atoms with Gasteiger partial charge in [0.15, 0.2) is 17.6 Å². The fourth-order valence-corrected chi connectivity index (χ4v) is 2.72. The Hall–Kier alpha value is -3.80. The number of nitrogens with one attached hydrogen (secondary N) is 1. The van der Waals surface area contributed by atoms with Gasteiger partial charge in [-0.1, -0.05) is 30.3 Å². The van der Waals surface area contributed by atoms with Gasteiger partial charge in [-0.3, -0.25) is 9.59 Å². The molecule has 3 aromatic carbocycles. The van der Waals surface area contributed by atoms with Crippen molar-refractivity contribution >= 4 is 17.9 Å². The predicted octanol–water partition coefficient (Wildman–Crippen LogP) is 4.49.